The second kappa shape index (κ2) is 6.35. The largest absolute Gasteiger partial charge is 0.309 e. The molecule has 0 saturated carbocycles. The van der Waals surface area contributed by atoms with Crippen LogP contribution in [0.5, 0.6) is 0 Å². The van der Waals surface area contributed by atoms with Gasteiger partial charge in [-0.05, 0) is 37.6 Å². The van der Waals surface area contributed by atoms with Crippen LogP contribution in [0.25, 0.3) is 0 Å². The fourth-order valence-corrected chi connectivity index (χ4v) is 2.30. The standard InChI is InChI=1S/C16H28N2/c1-13(12-18(5)6)17-11-14-9-7-8-10-15(14)16(2,3)4/h7-10,13,17H,11-12H2,1-6H3. The van der Waals surface area contributed by atoms with Crippen molar-refractivity contribution in [1.82, 2.24) is 10.2 Å². The molecule has 0 heterocycles. The lowest BCUT2D eigenvalue weighted by Gasteiger charge is -2.24. The highest BCUT2D eigenvalue weighted by Crippen LogP contribution is 2.25. The zero-order valence-electron chi connectivity index (χ0n) is 12.7. The minimum absolute atomic E-state index is 0.211. The summed E-state index contributed by atoms with van der Waals surface area (Å²) in [6.45, 7) is 11.1. The summed E-state index contributed by atoms with van der Waals surface area (Å²) in [7, 11) is 4.22. The van der Waals surface area contributed by atoms with E-state index in [9.17, 15) is 0 Å². The smallest absolute Gasteiger partial charge is 0.0211 e. The molecule has 1 aromatic rings. The predicted molar refractivity (Wildman–Crippen MR) is 80.0 cm³/mol. The van der Waals surface area contributed by atoms with E-state index >= 15 is 0 Å². The number of rotatable bonds is 5. The van der Waals surface area contributed by atoms with E-state index in [0.29, 0.717) is 6.04 Å². The summed E-state index contributed by atoms with van der Waals surface area (Å²) in [6.07, 6.45) is 0. The SMILES string of the molecule is CC(CN(C)C)NCc1ccccc1C(C)(C)C. The van der Waals surface area contributed by atoms with Crippen molar-refractivity contribution in [3.05, 3.63) is 35.4 Å². The van der Waals surface area contributed by atoms with Gasteiger partial charge >= 0.3 is 0 Å². The Morgan fingerprint density at radius 2 is 1.78 bits per heavy atom. The van der Waals surface area contributed by atoms with Gasteiger partial charge in [0.2, 0.25) is 0 Å². The van der Waals surface area contributed by atoms with E-state index in [4.69, 9.17) is 0 Å². The second-order valence-corrected chi connectivity index (χ2v) is 6.45. The van der Waals surface area contributed by atoms with Gasteiger partial charge in [0, 0.05) is 19.1 Å². The third-order valence-corrected chi connectivity index (χ3v) is 3.11. The van der Waals surface area contributed by atoms with Gasteiger partial charge in [-0.15, -0.1) is 0 Å². The van der Waals surface area contributed by atoms with Crippen LogP contribution in [0.3, 0.4) is 0 Å². The molecule has 0 fully saturated rings. The molecule has 2 nitrogen and oxygen atoms in total. The quantitative estimate of drug-likeness (QED) is 0.861. The van der Waals surface area contributed by atoms with Gasteiger partial charge in [0.05, 0.1) is 0 Å². The first-order valence-electron chi connectivity index (χ1n) is 6.77. The molecule has 0 aliphatic carbocycles. The average Bonchev–Trinajstić information content (AvgIpc) is 2.24. The molecule has 1 aromatic carbocycles. The molecule has 1 atom stereocenters. The molecule has 0 amide bonds. The molecule has 2 heteroatoms. The zero-order valence-corrected chi connectivity index (χ0v) is 12.7. The number of hydrogen-bond acceptors (Lipinski definition) is 2. The lowest BCUT2D eigenvalue weighted by Crippen LogP contribution is -2.35. The van der Waals surface area contributed by atoms with Crippen molar-refractivity contribution in [2.45, 2.75) is 45.7 Å². The Morgan fingerprint density at radius 1 is 1.17 bits per heavy atom. The fraction of sp³-hybridized carbons (Fsp3) is 0.625. The van der Waals surface area contributed by atoms with Crippen molar-refractivity contribution < 1.29 is 0 Å². The summed E-state index contributed by atoms with van der Waals surface area (Å²) >= 11 is 0. The van der Waals surface area contributed by atoms with Crippen LogP contribution in [-0.4, -0.2) is 31.6 Å². The lowest BCUT2D eigenvalue weighted by atomic mass is 9.84. The highest BCUT2D eigenvalue weighted by Gasteiger charge is 2.17. The summed E-state index contributed by atoms with van der Waals surface area (Å²) in [5.74, 6) is 0. The van der Waals surface area contributed by atoms with E-state index in [1.165, 1.54) is 11.1 Å². The summed E-state index contributed by atoms with van der Waals surface area (Å²) in [5, 5.41) is 3.60. The van der Waals surface area contributed by atoms with Gasteiger partial charge in [-0.2, -0.15) is 0 Å². The minimum Gasteiger partial charge on any atom is -0.309 e. The summed E-state index contributed by atoms with van der Waals surface area (Å²) in [5.41, 5.74) is 3.06. The molecule has 0 aliphatic heterocycles. The summed E-state index contributed by atoms with van der Waals surface area (Å²) < 4.78 is 0. The first kappa shape index (κ1) is 15.2. The maximum Gasteiger partial charge on any atom is 0.0211 e. The number of benzene rings is 1. The van der Waals surface area contributed by atoms with Crippen molar-refractivity contribution in [2.75, 3.05) is 20.6 Å². The summed E-state index contributed by atoms with van der Waals surface area (Å²) in [6, 6.07) is 9.24. The normalized spacial score (nSPS) is 13.9. The Morgan fingerprint density at radius 3 is 2.33 bits per heavy atom. The monoisotopic (exact) mass is 248 g/mol. The van der Waals surface area contributed by atoms with Gasteiger partial charge in [-0.3, -0.25) is 0 Å². The Labute approximate surface area is 112 Å². The van der Waals surface area contributed by atoms with Gasteiger partial charge < -0.3 is 10.2 Å². The highest BCUT2D eigenvalue weighted by atomic mass is 15.1. The third kappa shape index (κ3) is 4.79. The van der Waals surface area contributed by atoms with E-state index in [-0.39, 0.29) is 5.41 Å². The molecular formula is C16H28N2. The van der Waals surface area contributed by atoms with Crippen molar-refractivity contribution in [2.24, 2.45) is 0 Å². The maximum atomic E-state index is 3.60. The average molecular weight is 248 g/mol. The van der Waals surface area contributed by atoms with Crippen molar-refractivity contribution in [1.29, 1.82) is 0 Å². The third-order valence-electron chi connectivity index (χ3n) is 3.11. The molecule has 1 unspecified atom stereocenters. The fourth-order valence-electron chi connectivity index (χ4n) is 2.30. The van der Waals surface area contributed by atoms with Crippen molar-refractivity contribution in [3.8, 4) is 0 Å². The second-order valence-electron chi connectivity index (χ2n) is 6.45. The molecule has 1 rings (SSSR count). The van der Waals surface area contributed by atoms with Gasteiger partial charge in [-0.25, -0.2) is 0 Å². The lowest BCUT2D eigenvalue weighted by molar-refractivity contribution is 0.348. The van der Waals surface area contributed by atoms with Crippen LogP contribution < -0.4 is 5.32 Å². The van der Waals surface area contributed by atoms with Crippen LogP contribution >= 0.6 is 0 Å². The molecule has 0 saturated heterocycles. The molecular weight excluding hydrogens is 220 g/mol. The number of nitrogens with one attached hydrogen (secondary N) is 1. The Hall–Kier alpha value is -0.860. The first-order valence-corrected chi connectivity index (χ1v) is 6.77. The molecule has 0 spiro atoms. The Bertz CT molecular complexity index is 364. The molecule has 0 aromatic heterocycles. The Kier molecular flexibility index (Phi) is 5.36. The van der Waals surface area contributed by atoms with Crippen molar-refractivity contribution in [3.63, 3.8) is 0 Å². The highest BCUT2D eigenvalue weighted by molar-refractivity contribution is 5.32. The molecule has 18 heavy (non-hydrogen) atoms. The topological polar surface area (TPSA) is 15.3 Å². The van der Waals surface area contributed by atoms with E-state index < -0.39 is 0 Å². The number of hydrogen-bond donors (Lipinski definition) is 1. The van der Waals surface area contributed by atoms with E-state index in [1.54, 1.807) is 0 Å². The Balaban J connectivity index is 2.68. The van der Waals surface area contributed by atoms with E-state index in [1.807, 2.05) is 0 Å². The van der Waals surface area contributed by atoms with Gasteiger partial charge in [0.1, 0.15) is 0 Å². The van der Waals surface area contributed by atoms with Crippen LogP contribution in [0.4, 0.5) is 0 Å². The zero-order chi connectivity index (χ0) is 13.8. The van der Waals surface area contributed by atoms with E-state index in [2.05, 4.69) is 76.3 Å². The number of likely N-dealkylation sites (N-methyl/N-ethyl adjacent to an activating group) is 1. The maximum absolute atomic E-state index is 3.60. The predicted octanol–water partition coefficient (Wildman–Crippen LogP) is 3.02. The number of nitrogens with zero attached hydrogens (tertiary/aromatic N) is 1. The van der Waals surface area contributed by atoms with Gasteiger partial charge in [0.15, 0.2) is 0 Å². The van der Waals surface area contributed by atoms with E-state index in [0.717, 1.165) is 13.1 Å². The molecule has 1 N–H and O–H groups in total. The van der Waals surface area contributed by atoms with Crippen LogP contribution in [0, 0.1) is 0 Å². The first-order chi connectivity index (χ1) is 8.30. The molecule has 0 bridgehead atoms. The van der Waals surface area contributed by atoms with Crippen LogP contribution in [0.1, 0.15) is 38.8 Å². The van der Waals surface area contributed by atoms with Gasteiger partial charge in [-0.1, -0.05) is 45.0 Å². The molecule has 0 radical (unpaired) electrons. The van der Waals surface area contributed by atoms with Crippen LogP contribution in [0.15, 0.2) is 24.3 Å². The van der Waals surface area contributed by atoms with Crippen LogP contribution in [0.2, 0.25) is 0 Å². The summed E-state index contributed by atoms with van der Waals surface area (Å²) in [4.78, 5) is 2.22. The van der Waals surface area contributed by atoms with Crippen molar-refractivity contribution >= 4 is 0 Å². The molecule has 0 aliphatic rings. The van der Waals surface area contributed by atoms with Gasteiger partial charge in [0.25, 0.3) is 0 Å². The van der Waals surface area contributed by atoms with Crippen LogP contribution in [-0.2, 0) is 12.0 Å². The molecule has 102 valence electrons. The minimum atomic E-state index is 0.211.